The smallest absolute Gasteiger partial charge is 0.322 e. The maximum atomic E-state index is 11.2. The fourth-order valence-corrected chi connectivity index (χ4v) is 0.960. The Bertz CT molecular complexity index is 155. The second kappa shape index (κ2) is 5.97. The highest BCUT2D eigenvalue weighted by molar-refractivity contribution is 5.75. The summed E-state index contributed by atoms with van der Waals surface area (Å²) in [7, 11) is 0. The summed E-state index contributed by atoms with van der Waals surface area (Å²) in [6.45, 7) is 8.54. The lowest BCUT2D eigenvalue weighted by molar-refractivity contribution is -0.146. The minimum Gasteiger partial charge on any atom is -0.464 e. The molecular weight excluding hydrogens is 166 g/mol. The molecule has 0 aromatic rings. The Kier molecular flexibility index (Phi) is 5.71. The van der Waals surface area contributed by atoms with Crippen molar-refractivity contribution in [2.75, 3.05) is 6.61 Å². The van der Waals surface area contributed by atoms with E-state index in [0.29, 0.717) is 24.9 Å². The molecule has 2 N–H and O–H groups in total. The lowest BCUT2D eigenvalue weighted by Crippen LogP contribution is -2.34. The fraction of sp³-hybridized carbons (Fsp3) is 0.900. The van der Waals surface area contributed by atoms with E-state index in [2.05, 4.69) is 0 Å². The van der Waals surface area contributed by atoms with Crippen molar-refractivity contribution in [3.63, 3.8) is 0 Å². The lowest BCUT2D eigenvalue weighted by Gasteiger charge is -2.14. The zero-order valence-electron chi connectivity index (χ0n) is 9.04. The molecule has 0 fully saturated rings. The predicted molar refractivity (Wildman–Crippen MR) is 53.2 cm³/mol. The van der Waals surface area contributed by atoms with Gasteiger partial charge in [0.15, 0.2) is 0 Å². The minimum atomic E-state index is -0.459. The van der Waals surface area contributed by atoms with Gasteiger partial charge in [-0.3, -0.25) is 4.79 Å². The first-order chi connectivity index (χ1) is 5.93. The summed E-state index contributed by atoms with van der Waals surface area (Å²) >= 11 is 0. The second-order valence-corrected chi connectivity index (χ2v) is 4.26. The van der Waals surface area contributed by atoms with Gasteiger partial charge in [0.25, 0.3) is 0 Å². The van der Waals surface area contributed by atoms with Crippen LogP contribution in [0.2, 0.25) is 0 Å². The number of nitrogens with two attached hydrogens (primary N) is 1. The Morgan fingerprint density at radius 2 is 1.77 bits per heavy atom. The monoisotopic (exact) mass is 187 g/mol. The summed E-state index contributed by atoms with van der Waals surface area (Å²) in [5.74, 6) is 0.527. The summed E-state index contributed by atoms with van der Waals surface area (Å²) in [5, 5.41) is 0. The molecule has 0 aliphatic carbocycles. The van der Waals surface area contributed by atoms with E-state index in [9.17, 15) is 4.79 Å². The van der Waals surface area contributed by atoms with Crippen molar-refractivity contribution in [2.45, 2.75) is 40.2 Å². The van der Waals surface area contributed by atoms with Gasteiger partial charge >= 0.3 is 5.97 Å². The van der Waals surface area contributed by atoms with Gasteiger partial charge in [-0.2, -0.15) is 0 Å². The molecular formula is C10H21NO2. The van der Waals surface area contributed by atoms with Crippen LogP contribution in [0.4, 0.5) is 0 Å². The maximum Gasteiger partial charge on any atom is 0.322 e. The normalized spacial score (nSPS) is 13.5. The van der Waals surface area contributed by atoms with Gasteiger partial charge in [-0.25, -0.2) is 0 Å². The molecule has 0 saturated carbocycles. The van der Waals surface area contributed by atoms with Crippen molar-refractivity contribution in [3.8, 4) is 0 Å². The molecule has 0 aliphatic heterocycles. The number of hydrogen-bond donors (Lipinski definition) is 1. The van der Waals surface area contributed by atoms with E-state index in [1.807, 2.05) is 27.7 Å². The van der Waals surface area contributed by atoms with E-state index in [0.717, 1.165) is 0 Å². The molecule has 1 unspecified atom stereocenters. The molecule has 3 nitrogen and oxygen atoms in total. The Morgan fingerprint density at radius 1 is 1.23 bits per heavy atom. The Hall–Kier alpha value is -0.570. The average molecular weight is 187 g/mol. The van der Waals surface area contributed by atoms with Gasteiger partial charge < -0.3 is 10.5 Å². The molecule has 3 heteroatoms. The van der Waals surface area contributed by atoms with Crippen LogP contribution in [0.1, 0.15) is 34.1 Å². The molecule has 0 radical (unpaired) electrons. The van der Waals surface area contributed by atoms with E-state index in [4.69, 9.17) is 10.5 Å². The van der Waals surface area contributed by atoms with Crippen LogP contribution in [0, 0.1) is 11.8 Å². The quantitative estimate of drug-likeness (QED) is 0.664. The third-order valence-corrected chi connectivity index (χ3v) is 1.59. The Morgan fingerprint density at radius 3 is 2.15 bits per heavy atom. The van der Waals surface area contributed by atoms with Gasteiger partial charge in [-0.15, -0.1) is 0 Å². The first-order valence-electron chi connectivity index (χ1n) is 4.85. The van der Waals surface area contributed by atoms with Crippen LogP contribution < -0.4 is 5.73 Å². The molecule has 0 heterocycles. The molecule has 0 rings (SSSR count). The molecule has 0 bridgehead atoms. The van der Waals surface area contributed by atoms with Crippen LogP contribution in [-0.4, -0.2) is 18.6 Å². The minimum absolute atomic E-state index is 0.276. The van der Waals surface area contributed by atoms with E-state index in [1.165, 1.54) is 0 Å². The van der Waals surface area contributed by atoms with Gasteiger partial charge in [0.1, 0.15) is 6.04 Å². The SMILES string of the molecule is CC(C)COC(=O)C(N)CC(C)C. The third-order valence-electron chi connectivity index (χ3n) is 1.59. The number of ether oxygens (including phenoxy) is 1. The number of carbonyl (C=O) groups excluding carboxylic acids is 1. The Balaban J connectivity index is 3.69. The van der Waals surface area contributed by atoms with E-state index in [-0.39, 0.29) is 5.97 Å². The largest absolute Gasteiger partial charge is 0.464 e. The van der Waals surface area contributed by atoms with Crippen LogP contribution in [0.3, 0.4) is 0 Å². The van der Waals surface area contributed by atoms with Gasteiger partial charge in [-0.1, -0.05) is 27.7 Å². The first-order valence-corrected chi connectivity index (χ1v) is 4.85. The summed E-state index contributed by atoms with van der Waals surface area (Å²) in [6.07, 6.45) is 0.691. The highest BCUT2D eigenvalue weighted by Crippen LogP contribution is 2.04. The fourth-order valence-electron chi connectivity index (χ4n) is 0.960. The molecule has 0 aromatic heterocycles. The Labute approximate surface area is 80.6 Å². The van der Waals surface area contributed by atoms with Crippen LogP contribution >= 0.6 is 0 Å². The summed E-state index contributed by atoms with van der Waals surface area (Å²) in [5.41, 5.74) is 5.63. The number of hydrogen-bond acceptors (Lipinski definition) is 3. The van der Waals surface area contributed by atoms with Gasteiger partial charge in [0.2, 0.25) is 0 Å². The van der Waals surface area contributed by atoms with Crippen LogP contribution in [0.15, 0.2) is 0 Å². The van der Waals surface area contributed by atoms with Crippen molar-refractivity contribution in [3.05, 3.63) is 0 Å². The highest BCUT2D eigenvalue weighted by Gasteiger charge is 2.16. The summed E-state index contributed by atoms with van der Waals surface area (Å²) in [6, 6.07) is -0.459. The highest BCUT2D eigenvalue weighted by atomic mass is 16.5. The van der Waals surface area contributed by atoms with Crippen molar-refractivity contribution in [1.82, 2.24) is 0 Å². The lowest BCUT2D eigenvalue weighted by atomic mass is 10.1. The van der Waals surface area contributed by atoms with Gasteiger partial charge in [0.05, 0.1) is 6.61 Å². The molecule has 0 aliphatic rings. The van der Waals surface area contributed by atoms with Crippen LogP contribution in [-0.2, 0) is 9.53 Å². The molecule has 0 spiro atoms. The number of rotatable bonds is 5. The molecule has 0 saturated heterocycles. The molecule has 0 amide bonds. The first kappa shape index (κ1) is 12.4. The average Bonchev–Trinajstić information content (AvgIpc) is 1.98. The molecule has 13 heavy (non-hydrogen) atoms. The van der Waals surface area contributed by atoms with Crippen LogP contribution in [0.25, 0.3) is 0 Å². The van der Waals surface area contributed by atoms with Gasteiger partial charge in [0, 0.05) is 0 Å². The maximum absolute atomic E-state index is 11.2. The van der Waals surface area contributed by atoms with Crippen molar-refractivity contribution < 1.29 is 9.53 Å². The third kappa shape index (κ3) is 6.58. The van der Waals surface area contributed by atoms with Crippen LogP contribution in [0.5, 0.6) is 0 Å². The van der Waals surface area contributed by atoms with Gasteiger partial charge in [-0.05, 0) is 18.3 Å². The van der Waals surface area contributed by atoms with Crippen molar-refractivity contribution in [1.29, 1.82) is 0 Å². The van der Waals surface area contributed by atoms with Crippen molar-refractivity contribution in [2.24, 2.45) is 17.6 Å². The molecule has 78 valence electrons. The van der Waals surface area contributed by atoms with Crippen molar-refractivity contribution >= 4 is 5.97 Å². The topological polar surface area (TPSA) is 52.3 Å². The zero-order chi connectivity index (χ0) is 10.4. The van der Waals surface area contributed by atoms with E-state index in [1.54, 1.807) is 0 Å². The number of carbonyl (C=O) groups is 1. The molecule has 1 atom stereocenters. The standard InChI is InChI=1S/C10H21NO2/c1-7(2)5-9(11)10(12)13-6-8(3)4/h7-9H,5-6,11H2,1-4H3. The summed E-state index contributed by atoms with van der Waals surface area (Å²) < 4.78 is 5.00. The molecule has 0 aromatic carbocycles. The second-order valence-electron chi connectivity index (χ2n) is 4.26. The predicted octanol–water partition coefficient (Wildman–Crippen LogP) is 1.56. The zero-order valence-corrected chi connectivity index (χ0v) is 9.04. The van der Waals surface area contributed by atoms with E-state index < -0.39 is 6.04 Å². The number of esters is 1. The van der Waals surface area contributed by atoms with E-state index >= 15 is 0 Å². The summed E-state index contributed by atoms with van der Waals surface area (Å²) in [4.78, 5) is 11.2.